The van der Waals surface area contributed by atoms with E-state index >= 15 is 0 Å². The first-order valence-electron chi connectivity index (χ1n) is 8.04. The van der Waals surface area contributed by atoms with Gasteiger partial charge in [-0.05, 0) is 36.2 Å². The highest BCUT2D eigenvalue weighted by molar-refractivity contribution is 5.99. The van der Waals surface area contributed by atoms with Crippen molar-refractivity contribution < 1.29 is 9.84 Å². The van der Waals surface area contributed by atoms with Gasteiger partial charge in [0.15, 0.2) is 5.69 Å². The van der Waals surface area contributed by atoms with E-state index in [-0.39, 0.29) is 11.6 Å². The number of rotatable bonds is 6. The monoisotopic (exact) mass is 336 g/mol. The molecule has 0 aliphatic heterocycles. The summed E-state index contributed by atoms with van der Waals surface area (Å²) >= 11 is 0. The van der Waals surface area contributed by atoms with Gasteiger partial charge < -0.3 is 14.4 Å². The van der Waals surface area contributed by atoms with Crippen molar-refractivity contribution in [1.82, 2.24) is 4.57 Å². The molecule has 0 aliphatic carbocycles. The fourth-order valence-corrected chi connectivity index (χ4v) is 3.12. The van der Waals surface area contributed by atoms with Crippen LogP contribution in [0.3, 0.4) is 0 Å². The van der Waals surface area contributed by atoms with E-state index < -0.39 is 0 Å². The molecule has 2 aromatic carbocycles. The number of aromatic nitrogens is 1. The lowest BCUT2D eigenvalue weighted by molar-refractivity contribution is 0.357. The number of para-hydroxylation sites is 1. The van der Waals surface area contributed by atoms with Crippen molar-refractivity contribution in [3.8, 4) is 11.6 Å². The third kappa shape index (κ3) is 2.89. The van der Waals surface area contributed by atoms with Crippen LogP contribution in [0.2, 0.25) is 0 Å². The van der Waals surface area contributed by atoms with Gasteiger partial charge in [-0.2, -0.15) is 0 Å². The summed E-state index contributed by atoms with van der Waals surface area (Å²) in [5.74, 6) is 0.593. The van der Waals surface area contributed by atoms with Crippen molar-refractivity contribution in [3.05, 3.63) is 70.7 Å². The van der Waals surface area contributed by atoms with Crippen LogP contribution in [0, 0.1) is 18.8 Å². The molecule has 5 heteroatoms. The molecule has 0 radical (unpaired) electrons. The Kier molecular flexibility index (Phi) is 4.57. The van der Waals surface area contributed by atoms with Gasteiger partial charge in [0.25, 0.3) is 0 Å². The predicted octanol–water partition coefficient (Wildman–Crippen LogP) is 4.97. The summed E-state index contributed by atoms with van der Waals surface area (Å²) in [5.41, 5.74) is 3.66. The fourth-order valence-electron chi connectivity index (χ4n) is 3.12. The number of hydrogen-bond acceptors (Lipinski definition) is 4. The van der Waals surface area contributed by atoms with E-state index in [0.717, 1.165) is 28.0 Å². The van der Waals surface area contributed by atoms with Gasteiger partial charge in [0, 0.05) is 10.9 Å². The predicted molar refractivity (Wildman–Crippen MR) is 99.8 cm³/mol. The lowest BCUT2D eigenvalue weighted by Crippen LogP contribution is -2.04. The summed E-state index contributed by atoms with van der Waals surface area (Å²) in [4.78, 5) is 11.3. The van der Waals surface area contributed by atoms with Crippen LogP contribution in [0.5, 0.6) is 11.6 Å². The lowest BCUT2D eigenvalue weighted by Gasteiger charge is -2.13. The lowest BCUT2D eigenvalue weighted by atomic mass is 10.1. The summed E-state index contributed by atoms with van der Waals surface area (Å²) in [6.45, 7) is 8.29. The van der Waals surface area contributed by atoms with Crippen LogP contribution in [0.4, 0.5) is 5.69 Å². The van der Waals surface area contributed by atoms with Crippen molar-refractivity contribution in [2.75, 3.05) is 6.61 Å². The molecule has 0 bridgehead atoms. The average Bonchev–Trinajstić information content (AvgIpc) is 2.90. The van der Waals surface area contributed by atoms with Crippen LogP contribution in [0.1, 0.15) is 16.7 Å². The Morgan fingerprint density at radius 3 is 2.64 bits per heavy atom. The van der Waals surface area contributed by atoms with Crippen LogP contribution < -0.4 is 4.74 Å². The van der Waals surface area contributed by atoms with E-state index in [0.29, 0.717) is 18.5 Å². The first kappa shape index (κ1) is 16.8. The van der Waals surface area contributed by atoms with Crippen molar-refractivity contribution in [2.45, 2.75) is 20.4 Å². The van der Waals surface area contributed by atoms with Crippen molar-refractivity contribution in [3.63, 3.8) is 0 Å². The summed E-state index contributed by atoms with van der Waals surface area (Å²) in [6, 6.07) is 11.5. The molecular formula is C20H20N2O3. The Hall–Kier alpha value is -3.08. The van der Waals surface area contributed by atoms with Gasteiger partial charge in [0.1, 0.15) is 12.4 Å². The molecule has 0 saturated heterocycles. The number of fused-ring (bicyclic) bond motifs is 1. The molecule has 0 fully saturated rings. The second-order valence-corrected chi connectivity index (χ2v) is 5.98. The highest BCUT2D eigenvalue weighted by Gasteiger charge is 2.21. The SMILES string of the molecule is C=CCOc1ccccc1Cn1c(O)c(N=O)c2c(C)ccc(C)c21. The van der Waals surface area contributed by atoms with Gasteiger partial charge in [-0.15, -0.1) is 4.91 Å². The Balaban J connectivity index is 2.18. The van der Waals surface area contributed by atoms with Crippen LogP contribution in [0.25, 0.3) is 10.9 Å². The van der Waals surface area contributed by atoms with Gasteiger partial charge in [-0.3, -0.25) is 0 Å². The fraction of sp³-hybridized carbons (Fsp3) is 0.200. The zero-order chi connectivity index (χ0) is 18.0. The zero-order valence-corrected chi connectivity index (χ0v) is 14.3. The molecule has 25 heavy (non-hydrogen) atoms. The number of hydrogen-bond donors (Lipinski definition) is 1. The molecule has 0 amide bonds. The molecule has 3 aromatic rings. The third-order valence-corrected chi connectivity index (χ3v) is 4.31. The maximum Gasteiger partial charge on any atom is 0.222 e. The van der Waals surface area contributed by atoms with Crippen LogP contribution >= 0.6 is 0 Å². The van der Waals surface area contributed by atoms with E-state index in [2.05, 4.69) is 11.8 Å². The Morgan fingerprint density at radius 1 is 1.20 bits per heavy atom. The number of nitroso groups, excluding NO2 is 1. The van der Waals surface area contributed by atoms with Gasteiger partial charge >= 0.3 is 0 Å². The number of nitrogens with zero attached hydrogens (tertiary/aromatic N) is 2. The second-order valence-electron chi connectivity index (χ2n) is 5.98. The molecule has 5 nitrogen and oxygen atoms in total. The molecule has 0 atom stereocenters. The standard InChI is InChI=1S/C20H20N2O3/c1-4-11-25-16-8-6-5-7-15(16)12-22-19-14(3)10-9-13(2)17(19)18(21-24)20(22)23/h4-10,23H,1,11-12H2,2-3H3. The summed E-state index contributed by atoms with van der Waals surface area (Å²) in [6.07, 6.45) is 1.68. The van der Waals surface area contributed by atoms with E-state index in [9.17, 15) is 10.0 Å². The second kappa shape index (κ2) is 6.81. The number of aromatic hydroxyl groups is 1. The Morgan fingerprint density at radius 2 is 1.92 bits per heavy atom. The summed E-state index contributed by atoms with van der Waals surface area (Å²) in [5, 5.41) is 14.4. The van der Waals surface area contributed by atoms with Gasteiger partial charge in [-0.1, -0.05) is 43.0 Å². The molecule has 3 rings (SSSR count). The first-order chi connectivity index (χ1) is 12.1. The minimum Gasteiger partial charge on any atom is -0.493 e. The first-order valence-corrected chi connectivity index (χ1v) is 8.04. The molecule has 1 heterocycles. The average molecular weight is 336 g/mol. The van der Waals surface area contributed by atoms with E-state index in [4.69, 9.17) is 4.74 Å². The van der Waals surface area contributed by atoms with E-state index in [1.54, 1.807) is 10.6 Å². The number of ether oxygens (including phenoxy) is 1. The van der Waals surface area contributed by atoms with Crippen LogP contribution in [-0.4, -0.2) is 16.3 Å². The van der Waals surface area contributed by atoms with Gasteiger partial charge in [-0.25, -0.2) is 0 Å². The minimum absolute atomic E-state index is 0.0840. The Labute approximate surface area is 146 Å². The normalized spacial score (nSPS) is 10.8. The molecular weight excluding hydrogens is 316 g/mol. The minimum atomic E-state index is -0.124. The van der Waals surface area contributed by atoms with Crippen LogP contribution in [0.15, 0.2) is 54.2 Å². The third-order valence-electron chi connectivity index (χ3n) is 4.31. The molecule has 0 spiro atoms. The molecule has 1 aromatic heterocycles. The largest absolute Gasteiger partial charge is 0.493 e. The van der Waals surface area contributed by atoms with Crippen LogP contribution in [-0.2, 0) is 6.54 Å². The maximum absolute atomic E-state index is 11.3. The number of aryl methyl sites for hydroxylation is 2. The quantitative estimate of drug-likeness (QED) is 0.510. The van der Waals surface area contributed by atoms with E-state index in [1.165, 1.54) is 0 Å². The molecule has 0 aliphatic rings. The molecule has 0 saturated carbocycles. The topological polar surface area (TPSA) is 63.8 Å². The highest BCUT2D eigenvalue weighted by Crippen LogP contribution is 2.42. The van der Waals surface area contributed by atoms with Crippen molar-refractivity contribution in [1.29, 1.82) is 0 Å². The highest BCUT2D eigenvalue weighted by atomic mass is 16.5. The van der Waals surface area contributed by atoms with Crippen molar-refractivity contribution in [2.24, 2.45) is 5.18 Å². The summed E-state index contributed by atoms with van der Waals surface area (Å²) < 4.78 is 7.41. The molecule has 1 N–H and O–H groups in total. The zero-order valence-electron chi connectivity index (χ0n) is 14.3. The maximum atomic E-state index is 11.3. The smallest absolute Gasteiger partial charge is 0.222 e. The van der Waals surface area contributed by atoms with Crippen molar-refractivity contribution >= 4 is 16.6 Å². The molecule has 0 unspecified atom stereocenters. The van der Waals surface area contributed by atoms with E-state index in [1.807, 2.05) is 50.2 Å². The Bertz CT molecular complexity index is 957. The van der Waals surface area contributed by atoms with Gasteiger partial charge in [0.2, 0.25) is 5.88 Å². The summed E-state index contributed by atoms with van der Waals surface area (Å²) in [7, 11) is 0. The number of benzene rings is 2. The van der Waals surface area contributed by atoms with Gasteiger partial charge in [0.05, 0.1) is 12.1 Å². The molecule has 128 valence electrons.